The zero-order valence-electron chi connectivity index (χ0n) is 19.1. The molecule has 0 amide bonds. The molecule has 0 aliphatic carbocycles. The zero-order valence-corrected chi connectivity index (χ0v) is 19.1. The van der Waals surface area contributed by atoms with Crippen LogP contribution in [0.15, 0.2) is 11.4 Å². The summed E-state index contributed by atoms with van der Waals surface area (Å²) in [7, 11) is 0. The summed E-state index contributed by atoms with van der Waals surface area (Å²) in [4.78, 5) is 11.9. The number of halogens is 1. The molecule has 0 aromatic heterocycles. The van der Waals surface area contributed by atoms with E-state index < -0.39 is 5.97 Å². The summed E-state index contributed by atoms with van der Waals surface area (Å²) in [5.74, 6) is -0.769. The normalized spacial score (nSPS) is 12.1. The lowest BCUT2D eigenvalue weighted by atomic mass is 10.1. The van der Waals surface area contributed by atoms with Crippen molar-refractivity contribution in [2.45, 2.75) is 136 Å². The monoisotopic (exact) mass is 398 g/mol. The standard InChI is InChI=1S/C25H47FO2/c1-4-6-8-10-12-13-14-15-16-18-20-22-28-25(27)23(3)24(26)21-19-17-11-9-7-5-2/h4-22H2,1-3H3. The number of ether oxygens (including phenoxy) is 1. The summed E-state index contributed by atoms with van der Waals surface area (Å²) in [5.41, 5.74) is 0.164. The third kappa shape index (κ3) is 17.3. The Kier molecular flexibility index (Phi) is 20.2. The molecule has 0 aliphatic rings. The predicted octanol–water partition coefficient (Wildman–Crippen LogP) is 8.83. The maximum atomic E-state index is 14.0. The lowest BCUT2D eigenvalue weighted by Crippen LogP contribution is -2.08. The maximum absolute atomic E-state index is 14.0. The number of carbonyl (C=O) groups excluding carboxylic acids is 1. The van der Waals surface area contributed by atoms with Crippen molar-refractivity contribution in [1.29, 1.82) is 0 Å². The molecule has 0 unspecified atom stereocenters. The van der Waals surface area contributed by atoms with E-state index in [-0.39, 0.29) is 11.4 Å². The Bertz CT molecular complexity index is 390. The fourth-order valence-corrected chi connectivity index (χ4v) is 3.40. The van der Waals surface area contributed by atoms with E-state index in [0.717, 1.165) is 32.1 Å². The lowest BCUT2D eigenvalue weighted by molar-refractivity contribution is -0.139. The molecule has 0 N–H and O–H groups in total. The van der Waals surface area contributed by atoms with Crippen molar-refractivity contribution >= 4 is 5.97 Å². The highest BCUT2D eigenvalue weighted by atomic mass is 19.1. The summed E-state index contributed by atoms with van der Waals surface area (Å²) in [5, 5.41) is 0. The van der Waals surface area contributed by atoms with Gasteiger partial charge in [-0.15, -0.1) is 0 Å². The van der Waals surface area contributed by atoms with Gasteiger partial charge in [-0.05, 0) is 26.2 Å². The average Bonchev–Trinajstić information content (AvgIpc) is 2.70. The van der Waals surface area contributed by atoms with E-state index in [1.54, 1.807) is 6.92 Å². The SMILES string of the molecule is CCCCCCCCCCCCCOC(=O)C(C)=C(F)CCCCCCCC. The molecule has 0 fully saturated rings. The van der Waals surface area contributed by atoms with Gasteiger partial charge in [-0.3, -0.25) is 0 Å². The van der Waals surface area contributed by atoms with Crippen molar-refractivity contribution in [2.24, 2.45) is 0 Å². The van der Waals surface area contributed by atoms with Crippen molar-refractivity contribution in [3.8, 4) is 0 Å². The first-order valence-corrected chi connectivity index (χ1v) is 12.2. The van der Waals surface area contributed by atoms with Crippen LogP contribution in [-0.2, 0) is 9.53 Å². The Labute approximate surface area is 174 Å². The Hall–Kier alpha value is -0.860. The van der Waals surface area contributed by atoms with Crippen molar-refractivity contribution in [3.05, 3.63) is 11.4 Å². The number of hydrogen-bond acceptors (Lipinski definition) is 2. The third-order valence-electron chi connectivity index (χ3n) is 5.44. The predicted molar refractivity (Wildman–Crippen MR) is 119 cm³/mol. The summed E-state index contributed by atoms with van der Waals surface area (Å²) in [6.07, 6.45) is 21.0. The highest BCUT2D eigenvalue weighted by Gasteiger charge is 2.12. The van der Waals surface area contributed by atoms with Gasteiger partial charge in [0.1, 0.15) is 5.83 Å². The van der Waals surface area contributed by atoms with Crippen LogP contribution >= 0.6 is 0 Å². The number of rotatable bonds is 20. The molecule has 0 saturated heterocycles. The molecular formula is C25H47FO2. The molecule has 0 aromatic rings. The van der Waals surface area contributed by atoms with E-state index in [9.17, 15) is 9.18 Å². The van der Waals surface area contributed by atoms with Crippen molar-refractivity contribution in [1.82, 2.24) is 0 Å². The molecule has 0 aromatic carbocycles. The van der Waals surface area contributed by atoms with Crippen molar-refractivity contribution < 1.29 is 13.9 Å². The molecule has 0 atom stereocenters. The Morgan fingerprint density at radius 1 is 0.643 bits per heavy atom. The second-order valence-electron chi connectivity index (χ2n) is 8.22. The highest BCUT2D eigenvalue weighted by Crippen LogP contribution is 2.17. The van der Waals surface area contributed by atoms with E-state index in [0.29, 0.717) is 13.0 Å². The molecule has 0 radical (unpaired) electrons. The van der Waals surface area contributed by atoms with Gasteiger partial charge in [0.25, 0.3) is 0 Å². The van der Waals surface area contributed by atoms with Gasteiger partial charge in [0.15, 0.2) is 0 Å². The van der Waals surface area contributed by atoms with Crippen molar-refractivity contribution in [3.63, 3.8) is 0 Å². The second-order valence-corrected chi connectivity index (χ2v) is 8.22. The van der Waals surface area contributed by atoms with Gasteiger partial charge in [-0.25, -0.2) is 9.18 Å². The molecule has 0 spiro atoms. The number of unbranched alkanes of at least 4 members (excludes halogenated alkanes) is 15. The van der Waals surface area contributed by atoms with E-state index in [2.05, 4.69) is 13.8 Å². The number of allylic oxidation sites excluding steroid dienone is 1. The van der Waals surface area contributed by atoms with Crippen LogP contribution in [0.4, 0.5) is 4.39 Å². The van der Waals surface area contributed by atoms with Crippen molar-refractivity contribution in [2.75, 3.05) is 6.61 Å². The quantitative estimate of drug-likeness (QED) is 0.116. The van der Waals surface area contributed by atoms with Crippen LogP contribution < -0.4 is 0 Å². The Morgan fingerprint density at radius 3 is 1.50 bits per heavy atom. The van der Waals surface area contributed by atoms with Crippen LogP contribution in [0, 0.1) is 0 Å². The topological polar surface area (TPSA) is 26.3 Å². The molecule has 3 heteroatoms. The largest absolute Gasteiger partial charge is 0.462 e. The number of hydrogen-bond donors (Lipinski definition) is 0. The molecule has 0 heterocycles. The van der Waals surface area contributed by atoms with Gasteiger partial charge in [0.2, 0.25) is 0 Å². The van der Waals surface area contributed by atoms with Gasteiger partial charge < -0.3 is 4.74 Å². The summed E-state index contributed by atoms with van der Waals surface area (Å²) < 4.78 is 19.3. The first kappa shape index (κ1) is 27.1. The van der Waals surface area contributed by atoms with Gasteiger partial charge in [0.05, 0.1) is 12.2 Å². The molecule has 0 rings (SSSR count). The maximum Gasteiger partial charge on any atom is 0.336 e. The van der Waals surface area contributed by atoms with Crippen LogP contribution in [0.3, 0.4) is 0 Å². The molecule has 2 nitrogen and oxygen atoms in total. The fourth-order valence-electron chi connectivity index (χ4n) is 3.40. The van der Waals surface area contributed by atoms with Gasteiger partial charge in [0, 0.05) is 0 Å². The van der Waals surface area contributed by atoms with Crippen LogP contribution in [0.25, 0.3) is 0 Å². The van der Waals surface area contributed by atoms with E-state index >= 15 is 0 Å². The molecule has 0 bridgehead atoms. The fraction of sp³-hybridized carbons (Fsp3) is 0.880. The third-order valence-corrected chi connectivity index (χ3v) is 5.44. The number of esters is 1. The summed E-state index contributed by atoms with van der Waals surface area (Å²) in [6, 6.07) is 0. The molecule has 166 valence electrons. The minimum Gasteiger partial charge on any atom is -0.462 e. The van der Waals surface area contributed by atoms with Gasteiger partial charge in [-0.1, -0.05) is 110 Å². The average molecular weight is 399 g/mol. The lowest BCUT2D eigenvalue weighted by Gasteiger charge is -2.07. The van der Waals surface area contributed by atoms with Gasteiger partial charge >= 0.3 is 5.97 Å². The van der Waals surface area contributed by atoms with Crippen LogP contribution in [-0.4, -0.2) is 12.6 Å². The molecule has 28 heavy (non-hydrogen) atoms. The molecular weight excluding hydrogens is 351 g/mol. The highest BCUT2D eigenvalue weighted by molar-refractivity contribution is 5.88. The smallest absolute Gasteiger partial charge is 0.336 e. The van der Waals surface area contributed by atoms with Gasteiger partial charge in [-0.2, -0.15) is 0 Å². The molecule has 0 saturated carbocycles. The minimum atomic E-state index is -0.476. The Balaban J connectivity index is 3.57. The summed E-state index contributed by atoms with van der Waals surface area (Å²) in [6.45, 7) is 6.41. The van der Waals surface area contributed by atoms with Crippen LogP contribution in [0.1, 0.15) is 136 Å². The minimum absolute atomic E-state index is 0.164. The number of carbonyl (C=O) groups is 1. The van der Waals surface area contributed by atoms with E-state index in [4.69, 9.17) is 4.74 Å². The van der Waals surface area contributed by atoms with E-state index in [1.807, 2.05) is 0 Å². The Morgan fingerprint density at radius 2 is 1.04 bits per heavy atom. The first-order valence-electron chi connectivity index (χ1n) is 12.2. The first-order chi connectivity index (χ1) is 13.6. The summed E-state index contributed by atoms with van der Waals surface area (Å²) >= 11 is 0. The second kappa shape index (κ2) is 20.9. The molecule has 0 aliphatic heterocycles. The zero-order chi connectivity index (χ0) is 20.9. The van der Waals surface area contributed by atoms with Crippen LogP contribution in [0.2, 0.25) is 0 Å². The van der Waals surface area contributed by atoms with Crippen LogP contribution in [0.5, 0.6) is 0 Å². The van der Waals surface area contributed by atoms with E-state index in [1.165, 1.54) is 77.0 Å².